The highest BCUT2D eigenvalue weighted by atomic mass is 15.0. The first-order valence-corrected chi connectivity index (χ1v) is 7.68. The van der Waals surface area contributed by atoms with E-state index in [0.717, 1.165) is 16.8 Å². The van der Waals surface area contributed by atoms with Crippen molar-refractivity contribution >= 4 is 23.0 Å². The van der Waals surface area contributed by atoms with E-state index in [1.807, 2.05) is 46.0 Å². The fourth-order valence-electron chi connectivity index (χ4n) is 2.13. The number of nitrogens with one attached hydrogen (secondary N) is 3. The summed E-state index contributed by atoms with van der Waals surface area (Å²) in [6, 6.07) is 6.09. The van der Waals surface area contributed by atoms with Gasteiger partial charge in [0, 0.05) is 24.3 Å². The van der Waals surface area contributed by atoms with E-state index in [4.69, 9.17) is 11.1 Å². The van der Waals surface area contributed by atoms with E-state index in [9.17, 15) is 0 Å². The highest BCUT2D eigenvalue weighted by molar-refractivity contribution is 6.16. The molecule has 0 radical (unpaired) electrons. The summed E-state index contributed by atoms with van der Waals surface area (Å²) >= 11 is 0. The summed E-state index contributed by atoms with van der Waals surface area (Å²) in [6.07, 6.45) is 1.38. The molecular weight excluding hydrogens is 300 g/mol. The zero-order valence-electron chi connectivity index (χ0n) is 14.4. The third kappa shape index (κ3) is 4.02. The highest BCUT2D eigenvalue weighted by Gasteiger charge is 2.13. The molecule has 0 unspecified atom stereocenters. The van der Waals surface area contributed by atoms with Gasteiger partial charge in [0.25, 0.3) is 0 Å². The Balaban J connectivity index is 2.39. The van der Waals surface area contributed by atoms with Gasteiger partial charge in [-0.15, -0.1) is 0 Å². The van der Waals surface area contributed by atoms with Crippen LogP contribution in [0.3, 0.4) is 0 Å². The number of nitrogen functional groups attached to an aromatic ring is 1. The van der Waals surface area contributed by atoms with Gasteiger partial charge in [0.2, 0.25) is 0 Å². The number of hydrogen-bond donors (Lipinski definition) is 4. The van der Waals surface area contributed by atoms with Gasteiger partial charge in [-0.05, 0) is 44.4 Å². The van der Waals surface area contributed by atoms with E-state index in [1.54, 1.807) is 0 Å². The second-order valence-electron chi connectivity index (χ2n) is 5.69. The Hall–Kier alpha value is -3.07. The van der Waals surface area contributed by atoms with Crippen molar-refractivity contribution in [2.24, 2.45) is 0 Å². The number of nitrogens with two attached hydrogens (primary N) is 1. The Kier molecular flexibility index (Phi) is 5.38. The van der Waals surface area contributed by atoms with E-state index in [-0.39, 0.29) is 17.6 Å². The molecule has 0 spiro atoms. The van der Waals surface area contributed by atoms with Crippen LogP contribution in [-0.2, 0) is 0 Å². The fraction of sp³-hybridized carbons (Fsp3) is 0.278. The van der Waals surface area contributed by atoms with Crippen molar-refractivity contribution in [1.82, 2.24) is 9.97 Å². The largest absolute Gasteiger partial charge is 0.388 e. The van der Waals surface area contributed by atoms with Crippen LogP contribution < -0.4 is 16.4 Å². The molecule has 2 rings (SSSR count). The standard InChI is InChI=1S/C18H22N6/c1-11(2)24-18-16(17(20)22-10-23-18)15(19)8-6-13-9-14(21-4)7-5-12(13)3/h5,7,9-11,19,21H,1-4H3,(H3,20,22,23,24). The average molecular weight is 322 g/mol. The van der Waals surface area contributed by atoms with Crippen molar-refractivity contribution in [3.05, 3.63) is 41.2 Å². The van der Waals surface area contributed by atoms with Gasteiger partial charge < -0.3 is 16.4 Å². The number of nitrogens with zero attached hydrogens (tertiary/aromatic N) is 2. The maximum absolute atomic E-state index is 8.28. The number of aromatic nitrogens is 2. The van der Waals surface area contributed by atoms with E-state index >= 15 is 0 Å². The Labute approximate surface area is 142 Å². The molecule has 0 aliphatic heterocycles. The van der Waals surface area contributed by atoms with Crippen LogP contribution in [0.25, 0.3) is 0 Å². The Morgan fingerprint density at radius 1 is 1.29 bits per heavy atom. The molecule has 1 aromatic heterocycles. The molecule has 0 aliphatic rings. The van der Waals surface area contributed by atoms with Crippen molar-refractivity contribution in [2.75, 3.05) is 23.4 Å². The topological polar surface area (TPSA) is 99.7 Å². The summed E-state index contributed by atoms with van der Waals surface area (Å²) in [5, 5.41) is 14.5. The summed E-state index contributed by atoms with van der Waals surface area (Å²) in [4.78, 5) is 8.16. The monoisotopic (exact) mass is 322 g/mol. The number of hydrogen-bond acceptors (Lipinski definition) is 6. The first-order valence-electron chi connectivity index (χ1n) is 7.68. The van der Waals surface area contributed by atoms with Gasteiger partial charge in [-0.25, -0.2) is 9.97 Å². The Bertz CT molecular complexity index is 814. The lowest BCUT2D eigenvalue weighted by Gasteiger charge is -2.13. The van der Waals surface area contributed by atoms with Crippen molar-refractivity contribution < 1.29 is 0 Å². The maximum Gasteiger partial charge on any atom is 0.141 e. The number of rotatable bonds is 4. The zero-order valence-corrected chi connectivity index (χ0v) is 14.4. The predicted octanol–water partition coefficient (Wildman–Crippen LogP) is 2.65. The van der Waals surface area contributed by atoms with E-state index < -0.39 is 0 Å². The maximum atomic E-state index is 8.28. The quantitative estimate of drug-likeness (QED) is 0.512. The summed E-state index contributed by atoms with van der Waals surface area (Å²) in [5.41, 5.74) is 9.34. The molecule has 24 heavy (non-hydrogen) atoms. The molecule has 0 fully saturated rings. The lowest BCUT2D eigenvalue weighted by Crippen LogP contribution is -2.16. The van der Waals surface area contributed by atoms with Gasteiger partial charge in [0.05, 0.1) is 5.56 Å². The summed E-state index contributed by atoms with van der Waals surface area (Å²) < 4.78 is 0. The third-order valence-corrected chi connectivity index (χ3v) is 3.40. The molecule has 0 saturated heterocycles. The molecule has 1 aromatic carbocycles. The molecule has 6 nitrogen and oxygen atoms in total. The summed E-state index contributed by atoms with van der Waals surface area (Å²) in [7, 11) is 1.86. The highest BCUT2D eigenvalue weighted by Crippen LogP contribution is 2.19. The van der Waals surface area contributed by atoms with Crippen LogP contribution >= 0.6 is 0 Å². The molecule has 124 valence electrons. The lowest BCUT2D eigenvalue weighted by atomic mass is 10.1. The SMILES string of the molecule is CNc1ccc(C)c(C#CC(=N)c2c(N)ncnc2NC(C)C)c1. The van der Waals surface area contributed by atoms with Gasteiger partial charge in [0.1, 0.15) is 23.7 Å². The number of anilines is 3. The van der Waals surface area contributed by atoms with Gasteiger partial charge >= 0.3 is 0 Å². The molecule has 0 aliphatic carbocycles. The molecule has 6 heteroatoms. The van der Waals surface area contributed by atoms with E-state index in [0.29, 0.717) is 11.4 Å². The minimum absolute atomic E-state index is 0.0884. The van der Waals surface area contributed by atoms with Crippen molar-refractivity contribution in [3.8, 4) is 11.8 Å². The second-order valence-corrected chi connectivity index (χ2v) is 5.69. The first-order chi connectivity index (χ1) is 11.4. The molecule has 2 aromatic rings. The smallest absolute Gasteiger partial charge is 0.141 e. The molecule has 1 heterocycles. The average Bonchev–Trinajstić information content (AvgIpc) is 2.53. The molecule has 0 saturated carbocycles. The van der Waals surface area contributed by atoms with Gasteiger partial charge in [0.15, 0.2) is 0 Å². The van der Waals surface area contributed by atoms with Crippen molar-refractivity contribution in [3.63, 3.8) is 0 Å². The van der Waals surface area contributed by atoms with Crippen LogP contribution in [0.5, 0.6) is 0 Å². The Morgan fingerprint density at radius 2 is 2.04 bits per heavy atom. The lowest BCUT2D eigenvalue weighted by molar-refractivity contribution is 0.886. The predicted molar refractivity (Wildman–Crippen MR) is 99.6 cm³/mol. The molecule has 0 bridgehead atoms. The van der Waals surface area contributed by atoms with Crippen LogP contribution in [0.2, 0.25) is 0 Å². The summed E-state index contributed by atoms with van der Waals surface area (Å²) in [6.45, 7) is 5.97. The van der Waals surface area contributed by atoms with Gasteiger partial charge in [-0.3, -0.25) is 5.41 Å². The van der Waals surface area contributed by atoms with E-state index in [2.05, 4.69) is 32.4 Å². The van der Waals surface area contributed by atoms with Gasteiger partial charge in [-0.1, -0.05) is 12.0 Å². The van der Waals surface area contributed by atoms with Crippen LogP contribution in [0.4, 0.5) is 17.3 Å². The zero-order chi connectivity index (χ0) is 17.7. The first kappa shape index (κ1) is 17.3. The minimum atomic E-state index is 0.0884. The van der Waals surface area contributed by atoms with Gasteiger partial charge in [-0.2, -0.15) is 0 Å². The van der Waals surface area contributed by atoms with E-state index in [1.165, 1.54) is 6.33 Å². The fourth-order valence-corrected chi connectivity index (χ4v) is 2.13. The molecule has 5 N–H and O–H groups in total. The molecular formula is C18H22N6. The van der Waals surface area contributed by atoms with Crippen molar-refractivity contribution in [2.45, 2.75) is 26.8 Å². The molecule has 0 amide bonds. The van der Waals surface area contributed by atoms with Crippen LogP contribution in [0, 0.1) is 24.2 Å². The summed E-state index contributed by atoms with van der Waals surface area (Å²) in [5.74, 6) is 6.68. The number of aryl methyl sites for hydroxylation is 1. The third-order valence-electron chi connectivity index (χ3n) is 3.40. The van der Waals surface area contributed by atoms with Crippen LogP contribution in [0.15, 0.2) is 24.5 Å². The normalized spacial score (nSPS) is 10.0. The number of benzene rings is 1. The second kappa shape index (κ2) is 7.47. The van der Waals surface area contributed by atoms with Crippen LogP contribution in [0.1, 0.15) is 30.5 Å². The Morgan fingerprint density at radius 3 is 2.71 bits per heavy atom. The minimum Gasteiger partial charge on any atom is -0.388 e. The van der Waals surface area contributed by atoms with Crippen molar-refractivity contribution in [1.29, 1.82) is 5.41 Å². The molecule has 0 atom stereocenters. The van der Waals surface area contributed by atoms with Crippen LogP contribution in [-0.4, -0.2) is 28.8 Å².